The van der Waals surface area contributed by atoms with Crippen molar-refractivity contribution in [2.75, 3.05) is 7.11 Å². The van der Waals surface area contributed by atoms with Gasteiger partial charge in [0.15, 0.2) is 0 Å². The maximum Gasteiger partial charge on any atom is 0.417 e. The summed E-state index contributed by atoms with van der Waals surface area (Å²) in [5.74, 6) is -0.745. The smallest absolute Gasteiger partial charge is 0.417 e. The largest absolute Gasteiger partial charge is 0.465 e. The van der Waals surface area contributed by atoms with Gasteiger partial charge in [-0.1, -0.05) is 23.4 Å². The van der Waals surface area contributed by atoms with Crippen molar-refractivity contribution in [2.24, 2.45) is 4.40 Å². The van der Waals surface area contributed by atoms with Crippen LogP contribution in [-0.2, 0) is 21.9 Å². The van der Waals surface area contributed by atoms with Crippen molar-refractivity contribution in [3.63, 3.8) is 0 Å². The maximum absolute atomic E-state index is 13.7. The SMILES string of the molecule is COC(=O)c1cccnc1Sc1c(C(F)(F)F)ccc(Cl)c1C=NS(=O)C(C)(C)C. The Kier molecular flexibility index (Phi) is 7.70. The summed E-state index contributed by atoms with van der Waals surface area (Å²) in [4.78, 5) is 15.7. The van der Waals surface area contributed by atoms with Crippen LogP contribution in [0.5, 0.6) is 0 Å². The molecule has 1 unspecified atom stereocenters. The highest BCUT2D eigenvalue weighted by atomic mass is 35.5. The summed E-state index contributed by atoms with van der Waals surface area (Å²) >= 11 is 6.77. The number of esters is 1. The number of rotatable bonds is 5. The molecule has 0 spiro atoms. The lowest BCUT2D eigenvalue weighted by Crippen LogP contribution is -2.19. The molecular weight excluding hydrogens is 461 g/mol. The molecule has 0 aliphatic rings. The van der Waals surface area contributed by atoms with Crippen molar-refractivity contribution in [3.05, 3.63) is 52.2 Å². The van der Waals surface area contributed by atoms with Crippen LogP contribution in [0.2, 0.25) is 5.02 Å². The van der Waals surface area contributed by atoms with Crippen molar-refractivity contribution in [1.82, 2.24) is 4.98 Å². The Morgan fingerprint density at radius 2 is 1.93 bits per heavy atom. The number of halogens is 4. The summed E-state index contributed by atoms with van der Waals surface area (Å²) < 4.78 is 61.2. The lowest BCUT2D eigenvalue weighted by molar-refractivity contribution is -0.139. The molecule has 162 valence electrons. The summed E-state index contributed by atoms with van der Waals surface area (Å²) in [7, 11) is -0.554. The highest BCUT2D eigenvalue weighted by Crippen LogP contribution is 2.43. The summed E-state index contributed by atoms with van der Waals surface area (Å²) in [5.41, 5.74) is -1.06. The molecule has 0 radical (unpaired) electrons. The van der Waals surface area contributed by atoms with Gasteiger partial charge in [-0.05, 0) is 45.0 Å². The molecule has 0 saturated heterocycles. The van der Waals surface area contributed by atoms with Gasteiger partial charge in [0.25, 0.3) is 0 Å². The van der Waals surface area contributed by atoms with E-state index in [1.807, 2.05) is 0 Å². The maximum atomic E-state index is 13.7. The molecule has 5 nitrogen and oxygen atoms in total. The molecule has 0 aliphatic heterocycles. The molecule has 0 bridgehead atoms. The minimum absolute atomic E-state index is 0.000688. The molecule has 11 heteroatoms. The minimum Gasteiger partial charge on any atom is -0.465 e. The number of carbonyl (C=O) groups is 1. The van der Waals surface area contributed by atoms with Crippen molar-refractivity contribution < 1.29 is 26.9 Å². The van der Waals surface area contributed by atoms with E-state index >= 15 is 0 Å². The Bertz CT molecular complexity index is 1010. The van der Waals surface area contributed by atoms with E-state index in [0.29, 0.717) is 11.8 Å². The van der Waals surface area contributed by atoms with Crippen molar-refractivity contribution >= 4 is 46.5 Å². The van der Waals surface area contributed by atoms with E-state index in [2.05, 4.69) is 14.1 Å². The average molecular weight is 479 g/mol. The van der Waals surface area contributed by atoms with E-state index in [0.717, 1.165) is 25.5 Å². The summed E-state index contributed by atoms with van der Waals surface area (Å²) in [6, 6.07) is 4.79. The standard InChI is InChI=1S/C19H18ClF3N2O3S2/c1-18(2,3)30(27)25-10-12-14(20)8-7-13(19(21,22)23)15(12)29-16-11(17(26)28-4)6-5-9-24-16/h5-10H,1-4H3. The molecular formula is C19H18ClF3N2O3S2. The normalized spacial score (nSPS) is 13.5. The van der Waals surface area contributed by atoms with Gasteiger partial charge in [-0.25, -0.2) is 14.0 Å². The fraction of sp³-hybridized carbons (Fsp3) is 0.316. The van der Waals surface area contributed by atoms with Gasteiger partial charge in [-0.2, -0.15) is 17.6 Å². The Morgan fingerprint density at radius 1 is 1.27 bits per heavy atom. The second-order valence-electron chi connectivity index (χ2n) is 6.88. The van der Waals surface area contributed by atoms with Gasteiger partial charge in [0.05, 0.1) is 28.0 Å². The zero-order valence-corrected chi connectivity index (χ0v) is 18.8. The summed E-state index contributed by atoms with van der Waals surface area (Å²) in [5, 5.41) is -0.0144. The van der Waals surface area contributed by atoms with Crippen LogP contribution in [0.1, 0.15) is 42.3 Å². The average Bonchev–Trinajstić information content (AvgIpc) is 2.65. The molecule has 30 heavy (non-hydrogen) atoms. The molecule has 0 fully saturated rings. The van der Waals surface area contributed by atoms with E-state index in [9.17, 15) is 22.2 Å². The Hall–Kier alpha value is -1.91. The Balaban J connectivity index is 2.68. The van der Waals surface area contributed by atoms with Crippen LogP contribution in [0.4, 0.5) is 13.2 Å². The lowest BCUT2D eigenvalue weighted by atomic mass is 10.1. The number of benzene rings is 1. The number of pyridine rings is 1. The molecule has 0 N–H and O–H groups in total. The number of nitrogens with zero attached hydrogens (tertiary/aromatic N) is 2. The van der Waals surface area contributed by atoms with Gasteiger partial charge in [-0.15, -0.1) is 0 Å². The number of ether oxygens (including phenoxy) is 1. The van der Waals surface area contributed by atoms with Crippen LogP contribution in [0, 0.1) is 0 Å². The predicted molar refractivity (Wildman–Crippen MR) is 112 cm³/mol. The van der Waals surface area contributed by atoms with Crippen LogP contribution >= 0.6 is 23.4 Å². The highest BCUT2D eigenvalue weighted by Gasteiger charge is 2.36. The molecule has 0 aliphatic carbocycles. The first-order chi connectivity index (χ1) is 13.9. The molecule has 0 amide bonds. The third-order valence-electron chi connectivity index (χ3n) is 3.62. The van der Waals surface area contributed by atoms with Crippen LogP contribution in [0.3, 0.4) is 0 Å². The van der Waals surface area contributed by atoms with Gasteiger partial charge in [0.2, 0.25) is 0 Å². The van der Waals surface area contributed by atoms with E-state index in [1.54, 1.807) is 20.8 Å². The molecule has 1 heterocycles. The zero-order chi connectivity index (χ0) is 22.7. The first kappa shape index (κ1) is 24.4. The number of methoxy groups -OCH3 is 1. The third kappa shape index (κ3) is 5.83. The van der Waals surface area contributed by atoms with E-state index < -0.39 is 33.4 Å². The van der Waals surface area contributed by atoms with Crippen molar-refractivity contribution in [2.45, 2.75) is 41.6 Å². The summed E-state index contributed by atoms with van der Waals surface area (Å²) in [6.45, 7) is 5.04. The first-order valence-corrected chi connectivity index (χ1v) is 10.7. The summed E-state index contributed by atoms with van der Waals surface area (Å²) in [6.07, 6.45) is -2.31. The van der Waals surface area contributed by atoms with Crippen LogP contribution in [0.25, 0.3) is 0 Å². The molecule has 2 rings (SSSR count). The molecule has 1 atom stereocenters. The molecule has 1 aromatic carbocycles. The van der Waals surface area contributed by atoms with E-state index in [1.165, 1.54) is 18.3 Å². The zero-order valence-electron chi connectivity index (χ0n) is 16.4. The van der Waals surface area contributed by atoms with Gasteiger partial charge < -0.3 is 4.74 Å². The topological polar surface area (TPSA) is 68.6 Å². The highest BCUT2D eigenvalue weighted by molar-refractivity contribution is 7.99. The third-order valence-corrected chi connectivity index (χ3v) is 6.46. The number of carbonyl (C=O) groups excluding carboxylic acids is 1. The van der Waals surface area contributed by atoms with Gasteiger partial charge in [0.1, 0.15) is 16.0 Å². The van der Waals surface area contributed by atoms with E-state index in [4.69, 9.17) is 11.6 Å². The lowest BCUT2D eigenvalue weighted by Gasteiger charge is -2.17. The number of hydrogen-bond acceptors (Lipinski definition) is 5. The monoisotopic (exact) mass is 478 g/mol. The second-order valence-corrected chi connectivity index (χ2v) is 10.2. The molecule has 1 aromatic heterocycles. The Morgan fingerprint density at radius 3 is 2.50 bits per heavy atom. The van der Waals surface area contributed by atoms with Crippen molar-refractivity contribution in [3.8, 4) is 0 Å². The van der Waals surface area contributed by atoms with Crippen LogP contribution in [-0.4, -0.2) is 33.2 Å². The quantitative estimate of drug-likeness (QED) is 0.415. The molecule has 0 saturated carbocycles. The van der Waals surface area contributed by atoms with Gasteiger partial charge >= 0.3 is 12.1 Å². The fourth-order valence-corrected chi connectivity index (χ4v) is 4.04. The second kappa shape index (κ2) is 9.49. The number of alkyl halides is 3. The fourth-order valence-electron chi connectivity index (χ4n) is 2.12. The predicted octanol–water partition coefficient (Wildman–Crippen LogP) is 5.57. The van der Waals surface area contributed by atoms with E-state index in [-0.39, 0.29) is 26.1 Å². The first-order valence-electron chi connectivity index (χ1n) is 8.43. The number of aromatic nitrogens is 1. The van der Waals surface area contributed by atoms with Crippen LogP contribution in [0.15, 0.2) is 44.8 Å². The van der Waals surface area contributed by atoms with Crippen molar-refractivity contribution in [1.29, 1.82) is 0 Å². The molecule has 2 aromatic rings. The van der Waals surface area contributed by atoms with Crippen LogP contribution < -0.4 is 0 Å². The Labute approximate surface area is 183 Å². The number of hydrogen-bond donors (Lipinski definition) is 0. The van der Waals surface area contributed by atoms with Gasteiger partial charge in [0, 0.05) is 22.9 Å². The minimum atomic E-state index is -4.71. The van der Waals surface area contributed by atoms with Gasteiger partial charge in [-0.3, -0.25) is 0 Å².